The number of hydrogen-bond donors (Lipinski definition) is 4. The highest BCUT2D eigenvalue weighted by molar-refractivity contribution is 6.05. The van der Waals surface area contributed by atoms with Crippen LogP contribution in [-0.2, 0) is 18.7 Å². The van der Waals surface area contributed by atoms with E-state index in [1.807, 2.05) is 17.8 Å². The number of halogens is 4. The number of benzene rings is 2. The minimum Gasteiger partial charge on any atom is -0.376 e. The zero-order chi connectivity index (χ0) is 30.4. The summed E-state index contributed by atoms with van der Waals surface area (Å²) in [5.41, 5.74) is -2.73. The third kappa shape index (κ3) is 5.63. The van der Waals surface area contributed by atoms with Gasteiger partial charge in [-0.25, -0.2) is 9.49 Å². The maximum absolute atomic E-state index is 14.9. The van der Waals surface area contributed by atoms with E-state index < -0.39 is 40.2 Å². The van der Waals surface area contributed by atoms with E-state index in [-0.39, 0.29) is 16.9 Å². The maximum Gasteiger partial charge on any atom is 0.421 e. The van der Waals surface area contributed by atoms with Gasteiger partial charge in [-0.3, -0.25) is 19.2 Å². The number of likely N-dealkylation sites (N-methyl/N-ethyl adjacent to an activating group) is 1. The van der Waals surface area contributed by atoms with Crippen molar-refractivity contribution in [3.63, 3.8) is 0 Å². The molecule has 5 rings (SSSR count). The molecule has 0 saturated heterocycles. The molecule has 4 N–H and O–H groups in total. The molecule has 1 atom stereocenters. The zero-order valence-corrected chi connectivity index (χ0v) is 22.8. The lowest BCUT2D eigenvalue weighted by Gasteiger charge is -2.27. The van der Waals surface area contributed by atoms with Gasteiger partial charge in [-0.2, -0.15) is 23.4 Å². The number of H-pyrrole nitrogens is 1. The fourth-order valence-electron chi connectivity index (χ4n) is 4.67. The second-order valence-electron chi connectivity index (χ2n) is 10.4. The average molecular weight is 586 g/mol. The number of nitrogens with zero attached hydrogens (tertiary/aromatic N) is 4. The van der Waals surface area contributed by atoms with Crippen molar-refractivity contribution in [3.05, 3.63) is 87.1 Å². The topological polar surface area (TPSA) is 128 Å². The van der Waals surface area contributed by atoms with Crippen LogP contribution >= 0.6 is 0 Å². The van der Waals surface area contributed by atoms with Crippen LogP contribution in [0.3, 0.4) is 0 Å². The Kier molecular flexibility index (Phi) is 7.37. The SMILES string of the molecule is Cc1cc(C(C)(O)C(F)(F)F)cc(F)c1C(=O)Nc1cccc(-c2cc(Nc3cc4n(n3)CCN(C)C4)c(=O)[nH]n2)c1. The van der Waals surface area contributed by atoms with E-state index in [1.54, 1.807) is 18.2 Å². The van der Waals surface area contributed by atoms with Crippen LogP contribution in [0.15, 0.2) is 53.3 Å². The van der Waals surface area contributed by atoms with Gasteiger partial charge in [0, 0.05) is 30.4 Å². The molecule has 0 saturated carbocycles. The Balaban J connectivity index is 1.37. The molecular formula is C28H27F4N7O3. The Bertz CT molecular complexity index is 1710. The van der Waals surface area contributed by atoms with Crippen LogP contribution in [0.1, 0.15) is 34.1 Å². The van der Waals surface area contributed by atoms with E-state index in [1.165, 1.54) is 19.1 Å². The maximum atomic E-state index is 14.9. The zero-order valence-electron chi connectivity index (χ0n) is 22.8. The highest BCUT2D eigenvalue weighted by atomic mass is 19.4. The number of nitrogens with one attached hydrogen (secondary N) is 3. The molecule has 1 aliphatic rings. The second-order valence-corrected chi connectivity index (χ2v) is 10.4. The van der Waals surface area contributed by atoms with Gasteiger partial charge in [-0.15, -0.1) is 0 Å². The van der Waals surface area contributed by atoms with E-state index in [0.717, 1.165) is 31.4 Å². The third-order valence-electron chi connectivity index (χ3n) is 7.10. The molecule has 0 aliphatic carbocycles. The minimum absolute atomic E-state index is 0.0891. The summed E-state index contributed by atoms with van der Waals surface area (Å²) in [6.45, 7) is 4.11. The monoisotopic (exact) mass is 585 g/mol. The normalized spacial score (nSPS) is 15.1. The number of carbonyl (C=O) groups is 1. The molecule has 0 radical (unpaired) electrons. The van der Waals surface area contributed by atoms with Crippen molar-refractivity contribution in [1.82, 2.24) is 24.9 Å². The first-order chi connectivity index (χ1) is 19.7. The molecule has 3 heterocycles. The lowest BCUT2D eigenvalue weighted by atomic mass is 9.91. The first-order valence-corrected chi connectivity index (χ1v) is 12.9. The fraction of sp³-hybridized carbons (Fsp3) is 0.286. The van der Waals surface area contributed by atoms with Gasteiger partial charge in [0.2, 0.25) is 0 Å². The molecule has 2 aromatic heterocycles. The number of hydrogen-bond acceptors (Lipinski definition) is 7. The van der Waals surface area contributed by atoms with Crippen LogP contribution in [0.25, 0.3) is 11.3 Å². The van der Waals surface area contributed by atoms with Crippen molar-refractivity contribution >= 4 is 23.1 Å². The summed E-state index contributed by atoms with van der Waals surface area (Å²) in [4.78, 5) is 27.6. The average Bonchev–Trinajstić information content (AvgIpc) is 3.30. The molecule has 1 unspecified atom stereocenters. The number of fused-ring (bicyclic) bond motifs is 1. The number of alkyl halides is 3. The molecule has 0 spiro atoms. The fourth-order valence-corrected chi connectivity index (χ4v) is 4.67. The molecule has 1 aliphatic heterocycles. The summed E-state index contributed by atoms with van der Waals surface area (Å²) < 4.78 is 56.5. The van der Waals surface area contributed by atoms with Crippen LogP contribution < -0.4 is 16.2 Å². The summed E-state index contributed by atoms with van der Waals surface area (Å²) in [5, 5.41) is 26.5. The summed E-state index contributed by atoms with van der Waals surface area (Å²) in [6, 6.07) is 11.2. The van der Waals surface area contributed by atoms with Gasteiger partial charge in [0.25, 0.3) is 11.5 Å². The van der Waals surface area contributed by atoms with Crippen molar-refractivity contribution in [2.75, 3.05) is 24.2 Å². The predicted octanol–water partition coefficient (Wildman–Crippen LogP) is 4.29. The molecule has 10 nitrogen and oxygen atoms in total. The molecule has 1 amide bonds. The summed E-state index contributed by atoms with van der Waals surface area (Å²) in [5.74, 6) is -1.61. The number of rotatable bonds is 6. The smallest absolute Gasteiger partial charge is 0.376 e. The largest absolute Gasteiger partial charge is 0.421 e. The van der Waals surface area contributed by atoms with Gasteiger partial charge in [0.05, 0.1) is 23.5 Å². The molecule has 0 bridgehead atoms. The Morgan fingerprint density at radius 2 is 1.88 bits per heavy atom. The number of carbonyl (C=O) groups excluding carboxylic acids is 1. The first kappa shape index (κ1) is 29.0. The van der Waals surface area contributed by atoms with Crippen molar-refractivity contribution in [1.29, 1.82) is 0 Å². The van der Waals surface area contributed by atoms with E-state index >= 15 is 0 Å². The molecule has 2 aromatic carbocycles. The standard InChI is InChI=1S/C28H27F4N7O3/c1-15-9-17(27(2,42)28(30,31)32)11-20(29)24(15)26(41)33-18-6-4-5-16(10-18)21-13-22(25(40)36-35-21)34-23-12-19-14-38(3)7-8-39(19)37-23/h4-6,9-13,42H,7-8,14H2,1-3H3,(H,33,41)(H,36,40)(H,34,35,37). The molecule has 14 heteroatoms. The summed E-state index contributed by atoms with van der Waals surface area (Å²) >= 11 is 0. The van der Waals surface area contributed by atoms with E-state index in [9.17, 15) is 32.3 Å². The van der Waals surface area contributed by atoms with Crippen LogP contribution in [0, 0.1) is 12.7 Å². The number of aryl methyl sites for hydroxylation is 1. The Morgan fingerprint density at radius 3 is 2.60 bits per heavy atom. The number of anilines is 3. The number of amides is 1. The van der Waals surface area contributed by atoms with Gasteiger partial charge < -0.3 is 15.7 Å². The number of aliphatic hydroxyl groups is 1. The molecular weight excluding hydrogens is 558 g/mol. The van der Waals surface area contributed by atoms with Crippen molar-refractivity contribution < 1.29 is 27.5 Å². The lowest BCUT2D eigenvalue weighted by molar-refractivity contribution is -0.258. The van der Waals surface area contributed by atoms with Gasteiger partial charge in [-0.05, 0) is 56.3 Å². The molecule has 4 aromatic rings. The highest BCUT2D eigenvalue weighted by Gasteiger charge is 2.51. The van der Waals surface area contributed by atoms with Crippen LogP contribution in [0.5, 0.6) is 0 Å². The van der Waals surface area contributed by atoms with Crippen LogP contribution in [0.4, 0.5) is 34.8 Å². The van der Waals surface area contributed by atoms with Crippen molar-refractivity contribution in [2.45, 2.75) is 38.7 Å². The van der Waals surface area contributed by atoms with E-state index in [4.69, 9.17) is 0 Å². The minimum atomic E-state index is -5.05. The second kappa shape index (κ2) is 10.7. The number of aromatic amines is 1. The number of aromatic nitrogens is 4. The molecule has 0 fully saturated rings. The lowest BCUT2D eigenvalue weighted by Crippen LogP contribution is -2.39. The van der Waals surface area contributed by atoms with Crippen molar-refractivity contribution in [2.24, 2.45) is 0 Å². The van der Waals surface area contributed by atoms with Crippen LogP contribution in [0.2, 0.25) is 0 Å². The first-order valence-electron chi connectivity index (χ1n) is 12.9. The predicted molar refractivity (Wildman–Crippen MR) is 147 cm³/mol. The van der Waals surface area contributed by atoms with Gasteiger partial charge >= 0.3 is 6.18 Å². The Labute approximate surface area is 237 Å². The highest BCUT2D eigenvalue weighted by Crippen LogP contribution is 2.39. The van der Waals surface area contributed by atoms with Gasteiger partial charge in [-0.1, -0.05) is 18.2 Å². The molecule has 42 heavy (non-hydrogen) atoms. The quantitative estimate of drug-likeness (QED) is 0.249. The Morgan fingerprint density at radius 1 is 1.12 bits per heavy atom. The third-order valence-corrected chi connectivity index (χ3v) is 7.10. The van der Waals surface area contributed by atoms with Crippen LogP contribution in [-0.4, -0.2) is 55.7 Å². The van der Waals surface area contributed by atoms with E-state index in [2.05, 4.69) is 30.8 Å². The van der Waals surface area contributed by atoms with Gasteiger partial charge in [0.1, 0.15) is 11.5 Å². The van der Waals surface area contributed by atoms with Crippen molar-refractivity contribution in [3.8, 4) is 11.3 Å². The summed E-state index contributed by atoms with van der Waals surface area (Å²) in [7, 11) is 2.01. The summed E-state index contributed by atoms with van der Waals surface area (Å²) in [6.07, 6.45) is -5.05. The Hall–Kier alpha value is -4.56. The molecule has 220 valence electrons. The van der Waals surface area contributed by atoms with E-state index in [0.29, 0.717) is 30.1 Å². The van der Waals surface area contributed by atoms with Gasteiger partial charge in [0.15, 0.2) is 11.4 Å².